The molecule has 0 aliphatic carbocycles. The molecule has 1 aliphatic rings. The number of fused-ring (bicyclic) bond motifs is 1. The highest BCUT2D eigenvalue weighted by Crippen LogP contribution is 2.43. The monoisotopic (exact) mass is 600 g/mol. The van der Waals surface area contributed by atoms with E-state index in [9.17, 15) is 35.0 Å². The van der Waals surface area contributed by atoms with Crippen molar-refractivity contribution in [3.8, 4) is 22.6 Å². The first kappa shape index (κ1) is 29.3. The van der Waals surface area contributed by atoms with Gasteiger partial charge in [0, 0.05) is 17.0 Å². The predicted octanol–water partition coefficient (Wildman–Crippen LogP) is 0.747. The molecule has 18 heteroatoms. The highest BCUT2D eigenvalue weighted by molar-refractivity contribution is 7.91. The van der Waals surface area contributed by atoms with Crippen molar-refractivity contribution in [3.05, 3.63) is 47.8 Å². The lowest BCUT2D eigenvalue weighted by Crippen LogP contribution is -2.62. The lowest BCUT2D eigenvalue weighted by atomic mass is 9.96. The Morgan fingerprint density at radius 1 is 1.15 bits per heavy atom. The van der Waals surface area contributed by atoms with Gasteiger partial charge in [-0.05, 0) is 31.3 Å². The smallest absolute Gasteiger partial charge is 0.364 e. The van der Waals surface area contributed by atoms with Crippen LogP contribution in [0.15, 0.2) is 30.3 Å². The molecular weight excluding hydrogens is 574 g/mol. The van der Waals surface area contributed by atoms with Gasteiger partial charge < -0.3 is 15.6 Å². The van der Waals surface area contributed by atoms with E-state index >= 15 is 0 Å². The summed E-state index contributed by atoms with van der Waals surface area (Å²) in [5, 5.41) is -2.20. The third-order valence-corrected chi connectivity index (χ3v) is 8.55. The number of halogens is 2. The third kappa shape index (κ3) is 4.99. The second-order valence-corrected chi connectivity index (χ2v) is 13.1. The fourth-order valence-corrected chi connectivity index (χ4v) is 5.97. The van der Waals surface area contributed by atoms with Gasteiger partial charge in [0.15, 0.2) is 12.1 Å². The number of imidazole rings is 1. The average molecular weight is 601 g/mol. The van der Waals surface area contributed by atoms with Crippen molar-refractivity contribution in [1.82, 2.24) is 19.7 Å². The summed E-state index contributed by atoms with van der Waals surface area (Å²) in [5.74, 6) is -3.31. The molecule has 4 rings (SSSR count). The number of rotatable bonds is 7. The first-order valence-electron chi connectivity index (χ1n) is 11.5. The van der Waals surface area contributed by atoms with Crippen LogP contribution in [0.3, 0.4) is 0 Å². The van der Waals surface area contributed by atoms with Crippen LogP contribution in [0, 0.1) is 11.6 Å². The van der Waals surface area contributed by atoms with E-state index in [2.05, 4.69) is 15.0 Å². The summed E-state index contributed by atoms with van der Waals surface area (Å²) in [6.45, 7) is 5.46. The molecule has 3 aromatic rings. The molecule has 3 heterocycles. The highest BCUT2D eigenvalue weighted by atomic mass is 32.2. The summed E-state index contributed by atoms with van der Waals surface area (Å²) in [7, 11) is -8.69. The zero-order valence-corrected chi connectivity index (χ0v) is 23.2. The molecule has 1 amide bonds. The van der Waals surface area contributed by atoms with Crippen LogP contribution >= 0.6 is 0 Å². The van der Waals surface area contributed by atoms with Crippen LogP contribution in [0.5, 0.6) is 0 Å². The van der Waals surface area contributed by atoms with E-state index in [1.807, 2.05) is 25.5 Å². The number of sulfonamides is 1. The number of carbonyl (C=O) groups is 1. The Balaban J connectivity index is 1.99. The van der Waals surface area contributed by atoms with Crippen LogP contribution in [0.25, 0.3) is 22.6 Å². The van der Waals surface area contributed by atoms with Crippen molar-refractivity contribution >= 4 is 37.7 Å². The minimum Gasteiger partial charge on any atom is -0.367 e. The van der Waals surface area contributed by atoms with Crippen molar-refractivity contribution in [2.24, 2.45) is 11.5 Å². The second-order valence-electron chi connectivity index (χ2n) is 9.82. The second kappa shape index (κ2) is 9.73. The van der Waals surface area contributed by atoms with Gasteiger partial charge in [-0.2, -0.15) is 12.7 Å². The SMILES string of the molecule is CNS(=O)(=O)C(C(N)=O)N1c2ccc(-c3[nH]c(C(C)(C)C)nc3-c3ccc(F)cc3F)nc2N(S(=O)(=O)O)C1N. The maximum Gasteiger partial charge on any atom is 0.364 e. The number of hydrogen-bond acceptors (Lipinski definition) is 9. The lowest BCUT2D eigenvalue weighted by Gasteiger charge is -2.31. The maximum atomic E-state index is 14.8. The number of amides is 1. The first-order chi connectivity index (χ1) is 18.4. The van der Waals surface area contributed by atoms with Crippen molar-refractivity contribution in [3.63, 3.8) is 0 Å². The summed E-state index contributed by atoms with van der Waals surface area (Å²) in [6, 6.07) is 5.39. The molecule has 0 fully saturated rings. The van der Waals surface area contributed by atoms with Crippen molar-refractivity contribution in [2.75, 3.05) is 16.3 Å². The van der Waals surface area contributed by atoms with E-state index in [1.54, 1.807) is 0 Å². The number of carbonyl (C=O) groups excluding carboxylic acids is 1. The molecule has 1 aromatic carbocycles. The molecule has 0 saturated heterocycles. The van der Waals surface area contributed by atoms with Crippen LogP contribution in [0.2, 0.25) is 0 Å². The molecule has 0 saturated carbocycles. The van der Waals surface area contributed by atoms with E-state index in [4.69, 9.17) is 11.5 Å². The minimum absolute atomic E-state index is 0.0141. The lowest BCUT2D eigenvalue weighted by molar-refractivity contribution is -0.117. The minimum atomic E-state index is -5.19. The summed E-state index contributed by atoms with van der Waals surface area (Å²) >= 11 is 0. The van der Waals surface area contributed by atoms with Gasteiger partial charge in [0.2, 0.25) is 15.4 Å². The van der Waals surface area contributed by atoms with Gasteiger partial charge in [0.25, 0.3) is 5.91 Å². The van der Waals surface area contributed by atoms with Crippen LogP contribution in [0.4, 0.5) is 20.3 Å². The number of primary amides is 1. The van der Waals surface area contributed by atoms with E-state index in [0.29, 0.717) is 16.8 Å². The largest absolute Gasteiger partial charge is 0.367 e. The Bertz CT molecular complexity index is 1720. The maximum absolute atomic E-state index is 14.8. The van der Waals surface area contributed by atoms with Crippen LogP contribution in [-0.4, -0.2) is 61.0 Å². The zero-order chi connectivity index (χ0) is 29.9. The van der Waals surface area contributed by atoms with Crippen molar-refractivity contribution in [1.29, 1.82) is 0 Å². The Morgan fingerprint density at radius 3 is 2.33 bits per heavy atom. The van der Waals surface area contributed by atoms with Crippen molar-refractivity contribution < 1.29 is 35.0 Å². The Hall–Kier alpha value is -3.71. The summed E-state index contributed by atoms with van der Waals surface area (Å²) < 4.78 is 90.6. The number of anilines is 2. The number of aromatic amines is 1. The standard InChI is InChI=1S/C22H26F2N8O6S2/c1-22(2,3)20-29-15(11-6-5-10(23)9-12(11)24)16(30-20)13-7-8-14-18(28-13)32(40(36,37)38)21(26)31(14)19(17(25)33)39(34,35)27-4/h5-9,19,21,27H,26H2,1-4H3,(H2,25,33)(H,29,30)(H,36,37,38). The molecule has 2 aromatic heterocycles. The third-order valence-electron chi connectivity index (χ3n) is 6.05. The number of benzene rings is 1. The molecule has 0 radical (unpaired) electrons. The van der Waals surface area contributed by atoms with Crippen LogP contribution < -0.4 is 25.4 Å². The zero-order valence-electron chi connectivity index (χ0n) is 21.5. The fourth-order valence-electron chi connectivity index (χ4n) is 4.18. The Labute approximate surface area is 228 Å². The van der Waals surface area contributed by atoms with Gasteiger partial charge in [-0.15, -0.1) is 0 Å². The first-order valence-corrected chi connectivity index (χ1v) is 14.4. The van der Waals surface area contributed by atoms with Gasteiger partial charge in [0.1, 0.15) is 23.2 Å². The molecule has 2 atom stereocenters. The molecular formula is C22H26F2N8O6S2. The number of hydrogen-bond donors (Lipinski definition) is 5. The number of pyridine rings is 1. The van der Waals surface area contributed by atoms with E-state index in [1.165, 1.54) is 18.2 Å². The van der Waals surface area contributed by atoms with Gasteiger partial charge in [0.05, 0.1) is 17.1 Å². The topological polar surface area (TPSA) is 218 Å². The van der Waals surface area contributed by atoms with Crippen LogP contribution in [-0.2, 0) is 30.5 Å². The van der Waals surface area contributed by atoms with E-state index in [0.717, 1.165) is 13.1 Å². The molecule has 0 spiro atoms. The molecule has 1 aliphatic heterocycles. The van der Waals surface area contributed by atoms with E-state index < -0.39 is 60.8 Å². The number of nitrogens with one attached hydrogen (secondary N) is 2. The summed E-state index contributed by atoms with van der Waals surface area (Å²) in [4.78, 5) is 24.7. The number of H-pyrrole nitrogens is 1. The molecule has 7 N–H and O–H groups in total. The molecule has 2 unspecified atom stereocenters. The molecule has 0 bridgehead atoms. The predicted molar refractivity (Wildman–Crippen MR) is 141 cm³/mol. The van der Waals surface area contributed by atoms with Gasteiger partial charge in [-0.25, -0.2) is 31.9 Å². The Kier molecular flexibility index (Phi) is 7.12. The highest BCUT2D eigenvalue weighted by Gasteiger charge is 2.50. The number of aromatic nitrogens is 3. The van der Waals surface area contributed by atoms with E-state index in [-0.39, 0.29) is 32.6 Å². The average Bonchev–Trinajstić information content (AvgIpc) is 3.38. The van der Waals surface area contributed by atoms with Gasteiger partial charge >= 0.3 is 10.3 Å². The summed E-state index contributed by atoms with van der Waals surface area (Å²) in [5.41, 5.74) is 10.5. The summed E-state index contributed by atoms with van der Waals surface area (Å²) in [6.07, 6.45) is -1.96. The number of nitrogens with zero attached hydrogens (tertiary/aromatic N) is 4. The normalized spacial score (nSPS) is 16.8. The fraction of sp³-hybridized carbons (Fsp3) is 0.318. The molecule has 14 nitrogen and oxygen atoms in total. The number of nitrogens with two attached hydrogens (primary N) is 2. The van der Waals surface area contributed by atoms with Crippen molar-refractivity contribution in [2.45, 2.75) is 37.8 Å². The molecule has 40 heavy (non-hydrogen) atoms. The Morgan fingerprint density at radius 2 is 1.80 bits per heavy atom. The van der Waals surface area contributed by atoms with Gasteiger partial charge in [-0.3, -0.25) is 15.1 Å². The van der Waals surface area contributed by atoms with Gasteiger partial charge in [-0.1, -0.05) is 20.8 Å². The molecule has 216 valence electrons. The quantitative estimate of drug-likeness (QED) is 0.240. The van der Waals surface area contributed by atoms with Crippen LogP contribution in [0.1, 0.15) is 26.6 Å².